The highest BCUT2D eigenvalue weighted by molar-refractivity contribution is 7.25. The molecule has 0 fully saturated rings. The predicted molar refractivity (Wildman–Crippen MR) is 205 cm³/mol. The average Bonchev–Trinajstić information content (AvgIpc) is 3.77. The van der Waals surface area contributed by atoms with Gasteiger partial charge in [-0.25, -0.2) is 4.98 Å². The molecule has 224 valence electrons. The number of thiophene rings is 1. The fourth-order valence-corrected chi connectivity index (χ4v) is 8.38. The maximum absolute atomic E-state index is 8.95. The molecule has 0 amide bonds. The quantitative estimate of drug-likeness (QED) is 0.176. The molecule has 0 saturated heterocycles. The van der Waals surface area contributed by atoms with Crippen molar-refractivity contribution in [1.29, 1.82) is 0 Å². The second kappa shape index (κ2) is 10.8. The molecule has 10 rings (SSSR count). The summed E-state index contributed by atoms with van der Waals surface area (Å²) in [6.45, 7) is 0. The first-order valence-electron chi connectivity index (χ1n) is 18.4. The van der Waals surface area contributed by atoms with Crippen molar-refractivity contribution in [3.05, 3.63) is 170 Å². The maximum Gasteiger partial charge on any atom is 0.146 e. The zero-order valence-corrected chi connectivity index (χ0v) is 26.4. The van der Waals surface area contributed by atoms with Gasteiger partial charge in [0.05, 0.1) is 17.9 Å². The summed E-state index contributed by atoms with van der Waals surface area (Å²) in [5, 5.41) is 6.90. The lowest BCUT2D eigenvalue weighted by Gasteiger charge is -2.20. The molecule has 0 bridgehead atoms. The molecule has 0 aliphatic heterocycles. The van der Waals surface area contributed by atoms with Crippen LogP contribution in [0.2, 0.25) is 0 Å². The van der Waals surface area contributed by atoms with Gasteiger partial charge in [-0.3, -0.25) is 4.57 Å². The van der Waals surface area contributed by atoms with Crippen molar-refractivity contribution in [1.82, 2.24) is 9.55 Å². The van der Waals surface area contributed by atoms with Gasteiger partial charge in [0.25, 0.3) is 0 Å². The first-order chi connectivity index (χ1) is 25.9. The minimum atomic E-state index is -0.431. The van der Waals surface area contributed by atoms with E-state index in [4.69, 9.17) is 11.8 Å². The Morgan fingerprint density at radius 1 is 0.500 bits per heavy atom. The van der Waals surface area contributed by atoms with Crippen molar-refractivity contribution in [3.8, 4) is 39.3 Å². The minimum Gasteiger partial charge on any atom is -0.292 e. The summed E-state index contributed by atoms with van der Waals surface area (Å²) in [5.74, 6) is 0.493. The van der Waals surface area contributed by atoms with E-state index in [1.165, 1.54) is 25.7 Å². The molecule has 0 aliphatic carbocycles. The van der Waals surface area contributed by atoms with Gasteiger partial charge in [-0.2, -0.15) is 0 Å². The molecule has 0 saturated carbocycles. The first-order valence-corrected chi connectivity index (χ1v) is 16.7. The number of hydrogen-bond acceptors (Lipinski definition) is 2. The molecular weight excluding hydrogens is 601 g/mol. The van der Waals surface area contributed by atoms with E-state index < -0.39 is 6.04 Å². The van der Waals surface area contributed by atoms with Gasteiger partial charge in [-0.05, 0) is 86.2 Å². The molecule has 0 unspecified atom stereocenters. The number of para-hydroxylation sites is 3. The van der Waals surface area contributed by atoms with E-state index >= 15 is 0 Å². The molecule has 2 aromatic heterocycles. The van der Waals surface area contributed by atoms with E-state index in [1.807, 2.05) is 53.8 Å². The van der Waals surface area contributed by atoms with Crippen LogP contribution in [0.3, 0.4) is 0 Å². The Bertz CT molecular complexity index is 3060. The molecule has 2 nitrogen and oxygen atoms in total. The van der Waals surface area contributed by atoms with Crippen LogP contribution in [-0.4, -0.2) is 9.55 Å². The molecule has 0 radical (unpaired) electrons. The van der Waals surface area contributed by atoms with E-state index in [-0.39, 0.29) is 29.9 Å². The van der Waals surface area contributed by atoms with Crippen molar-refractivity contribution in [3.63, 3.8) is 0 Å². The Kier molecular flexibility index (Phi) is 5.04. The number of fused-ring (bicyclic) bond motifs is 6. The lowest BCUT2D eigenvalue weighted by molar-refractivity contribution is 1.10. The largest absolute Gasteiger partial charge is 0.292 e. The Morgan fingerprint density at radius 2 is 1.08 bits per heavy atom. The van der Waals surface area contributed by atoms with Gasteiger partial charge in [0.15, 0.2) is 0 Å². The normalized spacial score (nSPS) is 13.2. The van der Waals surface area contributed by atoms with Gasteiger partial charge >= 0.3 is 0 Å². The lowest BCUT2D eigenvalue weighted by atomic mass is 9.84. The standard InChI is InChI=1S/C45H28N2S/c1-2-14-30(15-3-1)47-40-24-12-11-23-39(40)46-45(47)37-22-9-8-21-36(37)44-34-19-6-4-17-32(34)43(33-18-5-7-20-35(33)44)29-26-27-42-38(28-29)31-16-10-13-25-41(31)48-42/h1-28H/i1D,2D,3D,14D,15D. The second-order valence-electron chi connectivity index (χ2n) is 11.9. The summed E-state index contributed by atoms with van der Waals surface area (Å²) < 4.78 is 47.4. The number of nitrogens with zero attached hydrogens (tertiary/aromatic N) is 2. The number of benzene rings is 8. The summed E-state index contributed by atoms with van der Waals surface area (Å²) >= 11 is 1.82. The van der Waals surface area contributed by atoms with E-state index in [9.17, 15) is 0 Å². The molecule has 10 aromatic rings. The SMILES string of the molecule is [2H]c1c([2H])c([2H])c(-n2c(-c3ccccc3-c3c4ccccc4c(-c4ccc5sc6ccccc6c5c4)c4ccccc34)nc3ccccc32)c([2H])c1[2H]. The Balaban J connectivity index is 1.29. The Hall–Kier alpha value is -6.03. The van der Waals surface area contributed by atoms with Crippen LogP contribution in [-0.2, 0) is 0 Å². The summed E-state index contributed by atoms with van der Waals surface area (Å²) in [6, 6.07) is 46.3. The number of aromatic nitrogens is 2. The number of imidazole rings is 1. The fourth-order valence-electron chi connectivity index (χ4n) is 7.30. The van der Waals surface area contributed by atoms with Gasteiger partial charge in [0.1, 0.15) is 5.82 Å². The van der Waals surface area contributed by atoms with Crippen LogP contribution in [0.25, 0.3) is 92.1 Å². The molecular formula is C45H28N2S. The van der Waals surface area contributed by atoms with E-state index in [0.29, 0.717) is 16.9 Å². The highest BCUT2D eigenvalue weighted by atomic mass is 32.1. The van der Waals surface area contributed by atoms with Crippen LogP contribution in [0, 0.1) is 0 Å². The van der Waals surface area contributed by atoms with Crippen LogP contribution in [0.1, 0.15) is 6.85 Å². The van der Waals surface area contributed by atoms with Crippen LogP contribution in [0.15, 0.2) is 170 Å². The van der Waals surface area contributed by atoms with E-state index in [2.05, 4.69) is 97.1 Å². The van der Waals surface area contributed by atoms with Gasteiger partial charge in [0, 0.05) is 31.4 Å². The van der Waals surface area contributed by atoms with Crippen molar-refractivity contribution >= 4 is 64.1 Å². The predicted octanol–water partition coefficient (Wildman–Crippen LogP) is 12.7. The molecule has 0 aliphatic rings. The van der Waals surface area contributed by atoms with Gasteiger partial charge in [-0.1, -0.05) is 127 Å². The van der Waals surface area contributed by atoms with Crippen molar-refractivity contribution in [2.75, 3.05) is 0 Å². The van der Waals surface area contributed by atoms with Crippen LogP contribution >= 0.6 is 11.3 Å². The average molecular weight is 634 g/mol. The monoisotopic (exact) mass is 633 g/mol. The Morgan fingerprint density at radius 3 is 1.83 bits per heavy atom. The van der Waals surface area contributed by atoms with E-state index in [0.717, 1.165) is 43.8 Å². The fraction of sp³-hybridized carbons (Fsp3) is 0. The summed E-state index contributed by atoms with van der Waals surface area (Å²) in [4.78, 5) is 5.11. The Labute approximate surface area is 288 Å². The van der Waals surface area contributed by atoms with Crippen LogP contribution < -0.4 is 0 Å². The molecule has 0 atom stereocenters. The molecule has 8 aromatic carbocycles. The molecule has 2 heterocycles. The third-order valence-corrected chi connectivity index (χ3v) is 10.5. The number of rotatable bonds is 4. The van der Waals surface area contributed by atoms with Crippen molar-refractivity contribution in [2.45, 2.75) is 0 Å². The highest BCUT2D eigenvalue weighted by Gasteiger charge is 2.22. The molecule has 0 spiro atoms. The molecule has 0 N–H and O–H groups in total. The van der Waals surface area contributed by atoms with Crippen LogP contribution in [0.4, 0.5) is 0 Å². The van der Waals surface area contributed by atoms with E-state index in [1.54, 1.807) is 4.57 Å². The summed E-state index contributed by atoms with van der Waals surface area (Å²) in [5.41, 5.74) is 6.44. The zero-order valence-electron chi connectivity index (χ0n) is 30.6. The van der Waals surface area contributed by atoms with Gasteiger partial charge < -0.3 is 0 Å². The topological polar surface area (TPSA) is 17.8 Å². The zero-order chi connectivity index (χ0) is 36.0. The summed E-state index contributed by atoms with van der Waals surface area (Å²) in [7, 11) is 0. The second-order valence-corrected chi connectivity index (χ2v) is 13.0. The third kappa shape index (κ3) is 4.08. The van der Waals surface area contributed by atoms with Crippen LogP contribution in [0.5, 0.6) is 0 Å². The molecule has 3 heteroatoms. The van der Waals surface area contributed by atoms with Gasteiger partial charge in [0.2, 0.25) is 0 Å². The highest BCUT2D eigenvalue weighted by Crippen LogP contribution is 2.47. The lowest BCUT2D eigenvalue weighted by Crippen LogP contribution is -1.99. The first kappa shape index (κ1) is 22.5. The molecule has 48 heavy (non-hydrogen) atoms. The summed E-state index contributed by atoms with van der Waals surface area (Å²) in [6.07, 6.45) is 0. The number of hydrogen-bond donors (Lipinski definition) is 0. The van der Waals surface area contributed by atoms with Crippen molar-refractivity contribution in [2.24, 2.45) is 0 Å². The minimum absolute atomic E-state index is 0.0657. The van der Waals surface area contributed by atoms with Gasteiger partial charge in [-0.15, -0.1) is 11.3 Å². The maximum atomic E-state index is 8.95. The third-order valence-electron chi connectivity index (χ3n) is 9.31. The smallest absolute Gasteiger partial charge is 0.146 e. The van der Waals surface area contributed by atoms with Crippen molar-refractivity contribution < 1.29 is 6.85 Å².